The molecule has 2 unspecified atom stereocenters. The van der Waals surface area contributed by atoms with Gasteiger partial charge in [0.05, 0.1) is 5.56 Å². The maximum atomic E-state index is 13.1. The molecular formula is C27H36O4. The fourth-order valence-electron chi connectivity index (χ4n) is 8.73. The number of esters is 1. The highest BCUT2D eigenvalue weighted by molar-refractivity contribution is 5.89. The largest absolute Gasteiger partial charge is 0.458 e. The van der Waals surface area contributed by atoms with Gasteiger partial charge in [-0.2, -0.15) is 0 Å². The van der Waals surface area contributed by atoms with E-state index >= 15 is 0 Å². The molecule has 0 heterocycles. The molecule has 2 bridgehead atoms. The molecule has 1 spiro atoms. The van der Waals surface area contributed by atoms with Gasteiger partial charge in [-0.05, 0) is 72.8 Å². The maximum Gasteiger partial charge on any atom is 0.338 e. The van der Waals surface area contributed by atoms with Gasteiger partial charge in [0, 0.05) is 24.4 Å². The van der Waals surface area contributed by atoms with Crippen LogP contribution in [0.1, 0.15) is 82.5 Å². The lowest BCUT2D eigenvalue weighted by molar-refractivity contribution is -0.224. The van der Waals surface area contributed by atoms with Crippen LogP contribution in [0, 0.1) is 33.5 Å². The Morgan fingerprint density at radius 3 is 2.55 bits per heavy atom. The number of carbonyl (C=O) groups is 2. The summed E-state index contributed by atoms with van der Waals surface area (Å²) in [7, 11) is 0. The molecule has 1 N–H and O–H groups in total. The van der Waals surface area contributed by atoms with Crippen molar-refractivity contribution >= 4 is 11.8 Å². The van der Waals surface area contributed by atoms with Gasteiger partial charge in [0.1, 0.15) is 11.9 Å². The number of ether oxygens (including phenoxy) is 1. The molecule has 7 atom stereocenters. The first-order valence-corrected chi connectivity index (χ1v) is 12.1. The van der Waals surface area contributed by atoms with Crippen molar-refractivity contribution in [1.29, 1.82) is 0 Å². The predicted octanol–water partition coefficient (Wildman–Crippen LogP) is 5.19. The Kier molecular flexibility index (Phi) is 4.72. The molecule has 4 aliphatic rings. The molecule has 4 fully saturated rings. The number of hydrogen-bond donors (Lipinski definition) is 1. The van der Waals surface area contributed by atoms with E-state index in [2.05, 4.69) is 20.8 Å². The van der Waals surface area contributed by atoms with Gasteiger partial charge in [-0.15, -0.1) is 0 Å². The Bertz CT molecular complexity index is 896. The molecule has 31 heavy (non-hydrogen) atoms. The number of rotatable bonds is 3. The minimum absolute atomic E-state index is 0.0360. The van der Waals surface area contributed by atoms with Crippen LogP contribution >= 0.6 is 0 Å². The van der Waals surface area contributed by atoms with Crippen molar-refractivity contribution < 1.29 is 19.4 Å². The van der Waals surface area contributed by atoms with Crippen molar-refractivity contribution in [2.75, 3.05) is 6.61 Å². The Morgan fingerprint density at radius 1 is 1.10 bits per heavy atom. The Labute approximate surface area is 185 Å². The molecule has 168 valence electrons. The fourth-order valence-corrected chi connectivity index (χ4v) is 8.73. The normalized spacial score (nSPS) is 46.2. The monoisotopic (exact) mass is 424 g/mol. The molecule has 4 heteroatoms. The SMILES string of the molecule is C[C@]12CC[C@]3(C1)C(CC2=O)C[C@@H](OC(=O)c1ccccc1)C1[C@](C)(CO)CCC[C@@]13C. The second kappa shape index (κ2) is 6.91. The number of fused-ring (bicyclic) bond motifs is 2. The third-order valence-corrected chi connectivity index (χ3v) is 10.3. The van der Waals surface area contributed by atoms with E-state index in [0.29, 0.717) is 17.8 Å². The van der Waals surface area contributed by atoms with Crippen LogP contribution in [-0.4, -0.2) is 29.6 Å². The Hall–Kier alpha value is -1.68. The van der Waals surface area contributed by atoms with E-state index in [-0.39, 0.29) is 52.2 Å². The lowest BCUT2D eigenvalue weighted by Crippen LogP contribution is -2.65. The maximum absolute atomic E-state index is 13.1. The van der Waals surface area contributed by atoms with Crippen molar-refractivity contribution in [2.24, 2.45) is 33.5 Å². The smallest absolute Gasteiger partial charge is 0.338 e. The van der Waals surface area contributed by atoms with Crippen molar-refractivity contribution in [1.82, 2.24) is 0 Å². The second-order valence-electron chi connectivity index (χ2n) is 11.8. The van der Waals surface area contributed by atoms with Crippen LogP contribution in [0.2, 0.25) is 0 Å². The summed E-state index contributed by atoms with van der Waals surface area (Å²) in [6.45, 7) is 6.89. The third-order valence-electron chi connectivity index (χ3n) is 10.3. The van der Waals surface area contributed by atoms with Crippen LogP contribution in [0.25, 0.3) is 0 Å². The van der Waals surface area contributed by atoms with Crippen molar-refractivity contribution in [3.05, 3.63) is 35.9 Å². The lowest BCUT2D eigenvalue weighted by atomic mass is 9.37. The van der Waals surface area contributed by atoms with Gasteiger partial charge in [-0.1, -0.05) is 45.4 Å². The highest BCUT2D eigenvalue weighted by Gasteiger charge is 2.72. The number of benzene rings is 1. The highest BCUT2D eigenvalue weighted by Crippen LogP contribution is 2.75. The van der Waals surface area contributed by atoms with Crippen LogP contribution in [0.4, 0.5) is 0 Å². The molecule has 1 aromatic carbocycles. The summed E-state index contributed by atoms with van der Waals surface area (Å²) in [5.74, 6) is 0.499. The summed E-state index contributed by atoms with van der Waals surface area (Å²) in [6, 6.07) is 9.20. The first-order chi connectivity index (χ1) is 14.7. The number of ketones is 1. The summed E-state index contributed by atoms with van der Waals surface area (Å²) in [5, 5.41) is 10.5. The van der Waals surface area contributed by atoms with E-state index in [1.165, 1.54) is 0 Å². The average molecular weight is 425 g/mol. The summed E-state index contributed by atoms with van der Waals surface area (Å²) in [6.07, 6.45) is 7.28. The zero-order valence-electron chi connectivity index (χ0n) is 19.2. The first-order valence-electron chi connectivity index (χ1n) is 12.1. The number of aliphatic hydroxyl groups excluding tert-OH is 1. The molecule has 0 aromatic heterocycles. The molecule has 4 saturated carbocycles. The van der Waals surface area contributed by atoms with Crippen LogP contribution in [0.5, 0.6) is 0 Å². The van der Waals surface area contributed by atoms with E-state index in [0.717, 1.165) is 44.9 Å². The summed E-state index contributed by atoms with van der Waals surface area (Å²) < 4.78 is 6.26. The van der Waals surface area contributed by atoms with Gasteiger partial charge in [-0.25, -0.2) is 4.79 Å². The van der Waals surface area contributed by atoms with Gasteiger partial charge >= 0.3 is 5.97 Å². The topological polar surface area (TPSA) is 63.6 Å². The number of carbonyl (C=O) groups excluding carboxylic acids is 2. The van der Waals surface area contributed by atoms with Crippen LogP contribution < -0.4 is 0 Å². The molecule has 5 rings (SSSR count). The molecule has 0 aliphatic heterocycles. The predicted molar refractivity (Wildman–Crippen MR) is 118 cm³/mol. The molecule has 1 aromatic rings. The molecule has 0 amide bonds. The fraction of sp³-hybridized carbons (Fsp3) is 0.704. The summed E-state index contributed by atoms with van der Waals surface area (Å²) in [4.78, 5) is 26.1. The molecule has 4 aliphatic carbocycles. The number of Topliss-reactive ketones (excluding diaryl/α,β-unsaturated/α-hetero) is 1. The van der Waals surface area contributed by atoms with Gasteiger partial charge in [0.2, 0.25) is 0 Å². The van der Waals surface area contributed by atoms with E-state index in [4.69, 9.17) is 4.74 Å². The minimum atomic E-state index is -0.284. The minimum Gasteiger partial charge on any atom is -0.458 e. The summed E-state index contributed by atoms with van der Waals surface area (Å²) >= 11 is 0. The van der Waals surface area contributed by atoms with Crippen molar-refractivity contribution in [3.63, 3.8) is 0 Å². The molecule has 0 saturated heterocycles. The Morgan fingerprint density at radius 2 is 1.84 bits per heavy atom. The number of hydrogen-bond acceptors (Lipinski definition) is 4. The standard InChI is InChI=1S/C27H36O4/c1-24-12-13-27(16-24)19(15-21(24)29)14-20(31-23(30)18-8-5-4-6-9-18)22-25(2,17-28)10-7-11-26(22,27)3/h4-6,8-9,19-20,22,28H,7,10-17H2,1-3H3/t19?,20-,22?,24+,25+,26+,27+/m1/s1. The zero-order chi connectivity index (χ0) is 22.1. The lowest BCUT2D eigenvalue weighted by Gasteiger charge is -2.67. The van der Waals surface area contributed by atoms with Gasteiger partial charge < -0.3 is 9.84 Å². The zero-order valence-corrected chi connectivity index (χ0v) is 19.2. The van der Waals surface area contributed by atoms with Crippen molar-refractivity contribution in [3.8, 4) is 0 Å². The molecule has 4 nitrogen and oxygen atoms in total. The van der Waals surface area contributed by atoms with E-state index in [9.17, 15) is 14.7 Å². The summed E-state index contributed by atoms with van der Waals surface area (Å²) in [5.41, 5.74) is 0.192. The average Bonchev–Trinajstić information content (AvgIpc) is 3.08. The van der Waals surface area contributed by atoms with Crippen LogP contribution in [0.3, 0.4) is 0 Å². The number of aliphatic hydroxyl groups is 1. The second-order valence-corrected chi connectivity index (χ2v) is 11.8. The first kappa shape index (κ1) is 21.2. The third kappa shape index (κ3) is 2.83. The van der Waals surface area contributed by atoms with Gasteiger partial charge in [0.15, 0.2) is 0 Å². The van der Waals surface area contributed by atoms with Gasteiger partial charge in [-0.3, -0.25) is 4.79 Å². The molecular weight excluding hydrogens is 388 g/mol. The van der Waals surface area contributed by atoms with E-state index in [1.54, 1.807) is 12.1 Å². The Balaban J connectivity index is 1.57. The van der Waals surface area contributed by atoms with Crippen LogP contribution in [0.15, 0.2) is 30.3 Å². The molecule has 0 radical (unpaired) electrons. The quantitative estimate of drug-likeness (QED) is 0.679. The van der Waals surface area contributed by atoms with E-state index in [1.807, 2.05) is 18.2 Å². The highest BCUT2D eigenvalue weighted by atomic mass is 16.5. The van der Waals surface area contributed by atoms with E-state index < -0.39 is 0 Å². The van der Waals surface area contributed by atoms with Crippen molar-refractivity contribution in [2.45, 2.75) is 78.2 Å². The van der Waals surface area contributed by atoms with Crippen LogP contribution in [-0.2, 0) is 9.53 Å². The van der Waals surface area contributed by atoms with Gasteiger partial charge in [0.25, 0.3) is 0 Å².